The number of sulfonamides is 1. The number of rotatable bonds is 5. The Morgan fingerprint density at radius 1 is 1.17 bits per heavy atom. The van der Waals surface area contributed by atoms with Crippen LogP contribution in [0, 0.1) is 6.92 Å². The van der Waals surface area contributed by atoms with Gasteiger partial charge in [-0.25, -0.2) is 13.4 Å². The van der Waals surface area contributed by atoms with Crippen LogP contribution in [0.2, 0.25) is 0 Å². The van der Waals surface area contributed by atoms with Gasteiger partial charge in [0.25, 0.3) is 10.0 Å². The number of fused-ring (bicyclic) bond motifs is 1. The maximum atomic E-state index is 12.4. The molecule has 0 atom stereocenters. The first-order chi connectivity index (χ1) is 11.0. The molecule has 2 aromatic carbocycles. The van der Waals surface area contributed by atoms with Gasteiger partial charge < -0.3 is 4.74 Å². The van der Waals surface area contributed by atoms with Gasteiger partial charge >= 0.3 is 0 Å². The summed E-state index contributed by atoms with van der Waals surface area (Å²) in [5, 5.41) is 0.361. The summed E-state index contributed by atoms with van der Waals surface area (Å²) in [4.78, 5) is 4.49. The predicted octanol–water partition coefficient (Wildman–Crippen LogP) is 3.80. The molecule has 23 heavy (non-hydrogen) atoms. The molecule has 0 aliphatic heterocycles. The van der Waals surface area contributed by atoms with Crippen LogP contribution in [0.5, 0.6) is 5.75 Å². The van der Waals surface area contributed by atoms with Crippen molar-refractivity contribution in [2.45, 2.75) is 18.7 Å². The minimum absolute atomic E-state index is 0.177. The molecule has 0 unspecified atom stereocenters. The molecule has 3 rings (SSSR count). The molecule has 0 spiro atoms. The van der Waals surface area contributed by atoms with E-state index in [9.17, 15) is 8.42 Å². The van der Waals surface area contributed by atoms with Gasteiger partial charge in [0.05, 0.1) is 21.7 Å². The SMILES string of the molecule is CCOc1ccc(S(=O)(=O)Nc2nc3ccc(C)cc3s2)cc1. The summed E-state index contributed by atoms with van der Waals surface area (Å²) >= 11 is 1.32. The van der Waals surface area contributed by atoms with Crippen LogP contribution in [0.15, 0.2) is 47.4 Å². The van der Waals surface area contributed by atoms with E-state index in [2.05, 4.69) is 9.71 Å². The monoisotopic (exact) mass is 348 g/mol. The van der Waals surface area contributed by atoms with E-state index >= 15 is 0 Å². The number of ether oxygens (including phenoxy) is 1. The van der Waals surface area contributed by atoms with E-state index in [1.165, 1.54) is 23.5 Å². The Morgan fingerprint density at radius 2 is 1.91 bits per heavy atom. The minimum atomic E-state index is -3.66. The fourth-order valence-electron chi connectivity index (χ4n) is 2.13. The highest BCUT2D eigenvalue weighted by Crippen LogP contribution is 2.28. The quantitative estimate of drug-likeness (QED) is 0.761. The molecule has 0 radical (unpaired) electrons. The number of hydrogen-bond acceptors (Lipinski definition) is 5. The molecule has 0 amide bonds. The number of nitrogens with one attached hydrogen (secondary N) is 1. The highest BCUT2D eigenvalue weighted by Gasteiger charge is 2.16. The van der Waals surface area contributed by atoms with E-state index < -0.39 is 10.0 Å². The molecule has 1 aromatic heterocycles. The van der Waals surface area contributed by atoms with E-state index in [0.717, 1.165) is 15.8 Å². The number of nitrogens with zero attached hydrogens (tertiary/aromatic N) is 1. The fraction of sp³-hybridized carbons (Fsp3) is 0.188. The number of benzene rings is 2. The number of hydrogen-bond donors (Lipinski definition) is 1. The Kier molecular flexibility index (Phi) is 4.23. The number of aromatic nitrogens is 1. The van der Waals surface area contributed by atoms with Crippen molar-refractivity contribution in [1.29, 1.82) is 0 Å². The van der Waals surface area contributed by atoms with Crippen molar-refractivity contribution in [3.63, 3.8) is 0 Å². The topological polar surface area (TPSA) is 68.3 Å². The largest absolute Gasteiger partial charge is 0.494 e. The van der Waals surface area contributed by atoms with Crippen molar-refractivity contribution < 1.29 is 13.2 Å². The molecular weight excluding hydrogens is 332 g/mol. The molecule has 1 heterocycles. The summed E-state index contributed by atoms with van der Waals surface area (Å²) in [5.74, 6) is 0.641. The van der Waals surface area contributed by atoms with Crippen molar-refractivity contribution in [1.82, 2.24) is 4.98 Å². The Labute approximate surface area is 139 Å². The first kappa shape index (κ1) is 15.8. The molecule has 120 valence electrons. The van der Waals surface area contributed by atoms with E-state index in [-0.39, 0.29) is 4.90 Å². The van der Waals surface area contributed by atoms with Gasteiger partial charge in [0.2, 0.25) is 0 Å². The number of anilines is 1. The average Bonchev–Trinajstić information content (AvgIpc) is 2.88. The van der Waals surface area contributed by atoms with Crippen LogP contribution in [-0.2, 0) is 10.0 Å². The highest BCUT2D eigenvalue weighted by molar-refractivity contribution is 7.93. The Hall–Kier alpha value is -2.12. The zero-order valence-electron chi connectivity index (χ0n) is 12.7. The van der Waals surface area contributed by atoms with Gasteiger partial charge in [0.1, 0.15) is 5.75 Å². The predicted molar refractivity (Wildman–Crippen MR) is 92.8 cm³/mol. The van der Waals surface area contributed by atoms with Gasteiger partial charge in [0.15, 0.2) is 5.13 Å². The van der Waals surface area contributed by atoms with Crippen LogP contribution in [0.4, 0.5) is 5.13 Å². The van der Waals surface area contributed by atoms with Gasteiger partial charge in [-0.05, 0) is 55.8 Å². The van der Waals surface area contributed by atoms with E-state index in [0.29, 0.717) is 17.5 Å². The van der Waals surface area contributed by atoms with E-state index in [4.69, 9.17) is 4.74 Å². The molecule has 0 saturated carbocycles. The van der Waals surface area contributed by atoms with Gasteiger partial charge in [-0.3, -0.25) is 4.72 Å². The Balaban J connectivity index is 1.86. The molecule has 0 fully saturated rings. The maximum Gasteiger partial charge on any atom is 0.263 e. The molecule has 3 aromatic rings. The highest BCUT2D eigenvalue weighted by atomic mass is 32.2. The van der Waals surface area contributed by atoms with Crippen LogP contribution in [0.25, 0.3) is 10.2 Å². The molecule has 1 N–H and O–H groups in total. The molecule has 0 aliphatic rings. The number of thiazole rings is 1. The summed E-state index contributed by atoms with van der Waals surface area (Å²) in [6, 6.07) is 12.1. The third kappa shape index (κ3) is 3.46. The second-order valence-electron chi connectivity index (χ2n) is 5.00. The van der Waals surface area contributed by atoms with Crippen LogP contribution < -0.4 is 9.46 Å². The van der Waals surface area contributed by atoms with Crippen molar-refractivity contribution in [3.8, 4) is 5.75 Å². The lowest BCUT2D eigenvalue weighted by atomic mass is 10.2. The first-order valence-corrected chi connectivity index (χ1v) is 9.41. The Morgan fingerprint density at radius 3 is 2.61 bits per heavy atom. The van der Waals surface area contributed by atoms with Crippen molar-refractivity contribution in [2.75, 3.05) is 11.3 Å². The first-order valence-electron chi connectivity index (χ1n) is 7.11. The molecular formula is C16H16N2O3S2. The van der Waals surface area contributed by atoms with Crippen LogP contribution in [0.1, 0.15) is 12.5 Å². The standard InChI is InChI=1S/C16H16N2O3S2/c1-3-21-12-5-7-13(8-6-12)23(19,20)18-16-17-14-9-4-11(2)10-15(14)22-16/h4-10H,3H2,1-2H3,(H,17,18). The summed E-state index contributed by atoms with van der Waals surface area (Å²) in [7, 11) is -3.66. The summed E-state index contributed by atoms with van der Waals surface area (Å²) in [6.45, 7) is 4.40. The Bertz CT molecular complexity index is 932. The minimum Gasteiger partial charge on any atom is -0.494 e. The van der Waals surface area contributed by atoms with Gasteiger partial charge in [0, 0.05) is 0 Å². The molecule has 7 heteroatoms. The van der Waals surface area contributed by atoms with Crippen molar-refractivity contribution in [2.24, 2.45) is 0 Å². The van der Waals surface area contributed by atoms with Crippen molar-refractivity contribution in [3.05, 3.63) is 48.0 Å². The zero-order valence-corrected chi connectivity index (χ0v) is 14.4. The lowest BCUT2D eigenvalue weighted by Crippen LogP contribution is -2.12. The van der Waals surface area contributed by atoms with Crippen LogP contribution in [0.3, 0.4) is 0 Å². The smallest absolute Gasteiger partial charge is 0.263 e. The maximum absolute atomic E-state index is 12.4. The lowest BCUT2D eigenvalue weighted by Gasteiger charge is -2.06. The summed E-state index contributed by atoms with van der Waals surface area (Å²) in [5.41, 5.74) is 1.90. The molecule has 0 saturated heterocycles. The normalized spacial score (nSPS) is 11.6. The summed E-state index contributed by atoms with van der Waals surface area (Å²) in [6.07, 6.45) is 0. The third-order valence-corrected chi connectivity index (χ3v) is 5.63. The van der Waals surface area contributed by atoms with Gasteiger partial charge in [-0.1, -0.05) is 17.4 Å². The van der Waals surface area contributed by atoms with E-state index in [1.807, 2.05) is 32.0 Å². The summed E-state index contributed by atoms with van der Waals surface area (Å²) < 4.78 is 33.7. The second-order valence-corrected chi connectivity index (χ2v) is 7.71. The number of aryl methyl sites for hydroxylation is 1. The second kappa shape index (κ2) is 6.17. The average molecular weight is 348 g/mol. The molecule has 5 nitrogen and oxygen atoms in total. The van der Waals surface area contributed by atoms with E-state index in [1.54, 1.807) is 12.1 Å². The van der Waals surface area contributed by atoms with Crippen LogP contribution >= 0.6 is 11.3 Å². The fourth-order valence-corrected chi connectivity index (χ4v) is 4.33. The molecule has 0 aliphatic carbocycles. The molecule has 0 bridgehead atoms. The zero-order chi connectivity index (χ0) is 16.4. The van der Waals surface area contributed by atoms with Crippen LogP contribution in [-0.4, -0.2) is 20.0 Å². The van der Waals surface area contributed by atoms with Gasteiger partial charge in [-0.15, -0.1) is 0 Å². The third-order valence-electron chi connectivity index (χ3n) is 3.21. The van der Waals surface area contributed by atoms with Crippen molar-refractivity contribution >= 4 is 36.7 Å². The lowest BCUT2D eigenvalue weighted by molar-refractivity contribution is 0.340. The van der Waals surface area contributed by atoms with Gasteiger partial charge in [-0.2, -0.15) is 0 Å².